The molecular weight excluding hydrogens is 343 g/mol. The second-order valence-corrected chi connectivity index (χ2v) is 8.99. The summed E-state index contributed by atoms with van der Waals surface area (Å²) in [5.41, 5.74) is 0.0761. The van der Waals surface area contributed by atoms with E-state index in [-0.39, 0.29) is 11.3 Å². The standard InChI is InChI=1S/C21H33FN4O/c1-20(2,3)21(22)10-5-11-26(15-21)16-8-12-25(13-9-16)17-6-7-18(24-14-17)19(27)23-4/h6-7,14,16H,5,8-13,15H2,1-4H3,(H,23,27). The minimum Gasteiger partial charge on any atom is -0.370 e. The van der Waals surface area contributed by atoms with E-state index in [0.717, 1.165) is 44.6 Å². The number of pyridine rings is 1. The van der Waals surface area contributed by atoms with Gasteiger partial charge in [0.2, 0.25) is 0 Å². The van der Waals surface area contributed by atoms with Gasteiger partial charge >= 0.3 is 0 Å². The Labute approximate surface area is 162 Å². The second kappa shape index (κ2) is 7.74. The van der Waals surface area contributed by atoms with Crippen molar-refractivity contribution in [2.24, 2.45) is 5.41 Å². The maximum atomic E-state index is 15.5. The smallest absolute Gasteiger partial charge is 0.269 e. The van der Waals surface area contributed by atoms with Crippen LogP contribution in [0.5, 0.6) is 0 Å². The average molecular weight is 377 g/mol. The largest absolute Gasteiger partial charge is 0.370 e. The van der Waals surface area contributed by atoms with Crippen LogP contribution in [0.1, 0.15) is 56.9 Å². The predicted molar refractivity (Wildman–Crippen MR) is 107 cm³/mol. The third-order valence-corrected chi connectivity index (χ3v) is 6.37. The Morgan fingerprint density at radius 1 is 1.26 bits per heavy atom. The summed E-state index contributed by atoms with van der Waals surface area (Å²) in [6.45, 7) is 9.52. The van der Waals surface area contributed by atoms with Gasteiger partial charge in [0, 0.05) is 32.7 Å². The zero-order valence-electron chi connectivity index (χ0n) is 17.1. The predicted octanol–water partition coefficient (Wildman–Crippen LogP) is 3.26. The van der Waals surface area contributed by atoms with E-state index >= 15 is 4.39 Å². The molecule has 1 amide bonds. The molecule has 1 N–H and O–H groups in total. The minimum absolute atomic E-state index is 0.168. The number of halogens is 1. The molecule has 2 saturated heterocycles. The number of rotatable bonds is 3. The molecule has 2 aliphatic heterocycles. The van der Waals surface area contributed by atoms with Crippen molar-refractivity contribution < 1.29 is 9.18 Å². The lowest BCUT2D eigenvalue weighted by Gasteiger charge is -2.49. The third-order valence-electron chi connectivity index (χ3n) is 6.37. The molecule has 2 fully saturated rings. The topological polar surface area (TPSA) is 48.5 Å². The number of nitrogens with one attached hydrogen (secondary N) is 1. The molecule has 1 aromatic rings. The zero-order chi connectivity index (χ0) is 19.7. The SMILES string of the molecule is CNC(=O)c1ccc(N2CCC(N3CCCC(F)(C(C)(C)C)C3)CC2)cn1. The number of hydrogen-bond acceptors (Lipinski definition) is 4. The van der Waals surface area contributed by atoms with E-state index in [4.69, 9.17) is 0 Å². The van der Waals surface area contributed by atoms with Crippen LogP contribution in [0.2, 0.25) is 0 Å². The molecule has 27 heavy (non-hydrogen) atoms. The highest BCUT2D eigenvalue weighted by Gasteiger charge is 2.46. The van der Waals surface area contributed by atoms with Crippen LogP contribution >= 0.6 is 0 Å². The highest BCUT2D eigenvalue weighted by molar-refractivity contribution is 5.92. The summed E-state index contributed by atoms with van der Waals surface area (Å²) in [5.74, 6) is -0.168. The molecule has 0 aliphatic carbocycles. The van der Waals surface area contributed by atoms with E-state index in [2.05, 4.69) is 20.1 Å². The van der Waals surface area contributed by atoms with E-state index in [9.17, 15) is 4.79 Å². The Kier molecular flexibility index (Phi) is 5.75. The van der Waals surface area contributed by atoms with Crippen molar-refractivity contribution in [2.75, 3.05) is 38.1 Å². The number of aromatic nitrogens is 1. The van der Waals surface area contributed by atoms with Crippen molar-refractivity contribution >= 4 is 11.6 Å². The van der Waals surface area contributed by atoms with Gasteiger partial charge in [0.25, 0.3) is 5.91 Å². The van der Waals surface area contributed by atoms with Crippen LogP contribution in [0.15, 0.2) is 18.3 Å². The van der Waals surface area contributed by atoms with E-state index in [1.54, 1.807) is 19.3 Å². The number of nitrogens with zero attached hydrogens (tertiary/aromatic N) is 3. The Bertz CT molecular complexity index is 649. The average Bonchev–Trinajstić information content (AvgIpc) is 2.67. The number of piperidine rings is 2. The Morgan fingerprint density at radius 3 is 2.52 bits per heavy atom. The van der Waals surface area contributed by atoms with Crippen LogP contribution in [0.25, 0.3) is 0 Å². The molecule has 1 aromatic heterocycles. The van der Waals surface area contributed by atoms with E-state index < -0.39 is 5.67 Å². The molecule has 1 unspecified atom stereocenters. The van der Waals surface area contributed by atoms with E-state index in [1.807, 2.05) is 26.8 Å². The molecule has 0 radical (unpaired) electrons. The molecule has 6 heteroatoms. The first-order chi connectivity index (χ1) is 12.7. The number of amides is 1. The third kappa shape index (κ3) is 4.26. The number of alkyl halides is 1. The highest BCUT2D eigenvalue weighted by atomic mass is 19.1. The van der Waals surface area contributed by atoms with Crippen LogP contribution < -0.4 is 10.2 Å². The first-order valence-corrected chi connectivity index (χ1v) is 10.1. The molecule has 0 spiro atoms. The summed E-state index contributed by atoms with van der Waals surface area (Å²) < 4.78 is 15.5. The van der Waals surface area contributed by atoms with Gasteiger partial charge in [-0.15, -0.1) is 0 Å². The molecule has 2 aliphatic rings. The quantitative estimate of drug-likeness (QED) is 0.880. The number of carbonyl (C=O) groups excluding carboxylic acids is 1. The van der Waals surface area contributed by atoms with Gasteiger partial charge in [-0.2, -0.15) is 0 Å². The van der Waals surface area contributed by atoms with Crippen molar-refractivity contribution in [3.63, 3.8) is 0 Å². The number of likely N-dealkylation sites (tertiary alicyclic amines) is 1. The van der Waals surface area contributed by atoms with Gasteiger partial charge in [0.1, 0.15) is 11.4 Å². The van der Waals surface area contributed by atoms with Gasteiger partial charge in [0.15, 0.2) is 0 Å². The van der Waals surface area contributed by atoms with Gasteiger partial charge < -0.3 is 10.2 Å². The zero-order valence-corrected chi connectivity index (χ0v) is 17.1. The number of carbonyl (C=O) groups is 1. The molecule has 150 valence electrons. The Morgan fingerprint density at radius 2 is 1.96 bits per heavy atom. The molecule has 1 atom stereocenters. The van der Waals surface area contributed by atoms with E-state index in [0.29, 0.717) is 24.7 Å². The Hall–Kier alpha value is -1.69. The van der Waals surface area contributed by atoms with Crippen molar-refractivity contribution in [2.45, 2.75) is 58.2 Å². The number of hydrogen-bond donors (Lipinski definition) is 1. The molecule has 5 nitrogen and oxygen atoms in total. The van der Waals surface area contributed by atoms with Gasteiger partial charge in [-0.05, 0) is 49.8 Å². The monoisotopic (exact) mass is 376 g/mol. The van der Waals surface area contributed by atoms with Crippen LogP contribution in [0.3, 0.4) is 0 Å². The van der Waals surface area contributed by atoms with Gasteiger partial charge in [-0.1, -0.05) is 20.8 Å². The van der Waals surface area contributed by atoms with Crippen LogP contribution in [-0.2, 0) is 0 Å². The molecule has 0 saturated carbocycles. The molecule has 0 bridgehead atoms. The molecule has 0 aromatic carbocycles. The Balaban J connectivity index is 1.58. The maximum Gasteiger partial charge on any atom is 0.269 e. The van der Waals surface area contributed by atoms with Crippen molar-refractivity contribution in [1.29, 1.82) is 0 Å². The van der Waals surface area contributed by atoms with E-state index in [1.165, 1.54) is 0 Å². The van der Waals surface area contributed by atoms with Crippen molar-refractivity contribution in [3.05, 3.63) is 24.0 Å². The summed E-state index contributed by atoms with van der Waals surface area (Å²) in [5, 5.41) is 2.59. The fourth-order valence-corrected chi connectivity index (χ4v) is 4.29. The molecule has 3 rings (SSSR count). The van der Waals surface area contributed by atoms with Gasteiger partial charge in [-0.3, -0.25) is 9.69 Å². The van der Waals surface area contributed by atoms with Crippen LogP contribution in [0.4, 0.5) is 10.1 Å². The summed E-state index contributed by atoms with van der Waals surface area (Å²) in [7, 11) is 1.61. The molecule has 3 heterocycles. The maximum absolute atomic E-state index is 15.5. The lowest BCUT2D eigenvalue weighted by molar-refractivity contribution is -0.0535. The molecular formula is C21H33FN4O. The van der Waals surface area contributed by atoms with Crippen LogP contribution in [-0.4, -0.2) is 60.7 Å². The highest BCUT2D eigenvalue weighted by Crippen LogP contribution is 2.42. The minimum atomic E-state index is -1.10. The van der Waals surface area contributed by atoms with Crippen molar-refractivity contribution in [1.82, 2.24) is 15.2 Å². The fourth-order valence-electron chi connectivity index (χ4n) is 4.29. The summed E-state index contributed by atoms with van der Waals surface area (Å²) >= 11 is 0. The summed E-state index contributed by atoms with van der Waals surface area (Å²) in [4.78, 5) is 20.6. The first-order valence-electron chi connectivity index (χ1n) is 10.1. The second-order valence-electron chi connectivity index (χ2n) is 8.99. The number of anilines is 1. The summed E-state index contributed by atoms with van der Waals surface area (Å²) in [6.07, 6.45) is 5.47. The summed E-state index contributed by atoms with van der Waals surface area (Å²) in [6, 6.07) is 4.19. The first kappa shape index (κ1) is 20.1. The fraction of sp³-hybridized carbons (Fsp3) is 0.714. The van der Waals surface area contributed by atoms with Gasteiger partial charge in [0.05, 0.1) is 11.9 Å². The van der Waals surface area contributed by atoms with Gasteiger partial charge in [-0.25, -0.2) is 9.37 Å². The van der Waals surface area contributed by atoms with Crippen LogP contribution in [0, 0.1) is 5.41 Å². The lowest BCUT2D eigenvalue weighted by atomic mass is 9.73. The van der Waals surface area contributed by atoms with Crippen molar-refractivity contribution in [3.8, 4) is 0 Å². The normalized spacial score (nSPS) is 25.4. The lowest BCUT2D eigenvalue weighted by Crippen LogP contribution is -2.56.